The standard InChI is InChI=1S/4C20H23BrN6O4S/c4*1-3-8-26-32(28,29)27-18-17(15-4-6-16(21)7-5-15)19(25-13-24-18)30-9-10-31-20-22-11-14(2)12-23-20/h4*4-7,11-13,26H,3,8-10H2,1-2H3,(H,24,25,27)/i3D2,8D2,9D2;8D2,9D2;10D2;9D2. The predicted molar refractivity (Wildman–Crippen MR) is 495 cm³/mol. The van der Waals surface area contributed by atoms with Gasteiger partial charge in [-0.2, -0.15) is 52.6 Å². The number of ether oxygens (including phenoxy) is 8. The highest BCUT2D eigenvalue weighted by Crippen LogP contribution is 2.39. The van der Waals surface area contributed by atoms with Gasteiger partial charge in [-0.1, -0.05) is 140 Å². The summed E-state index contributed by atoms with van der Waals surface area (Å²) in [4.78, 5) is 63.7. The first-order chi connectivity index (χ1) is 66.4. The lowest BCUT2D eigenvalue weighted by Crippen LogP contribution is -2.31. The molecule has 0 saturated heterocycles. The molecule has 0 spiro atoms. The first-order valence-electron chi connectivity index (χ1n) is 44.5. The number of aryl methyl sites for hydroxylation is 4. The van der Waals surface area contributed by atoms with Crippen molar-refractivity contribution in [3.8, 4) is 92.1 Å². The van der Waals surface area contributed by atoms with Crippen molar-refractivity contribution in [2.45, 2.75) is 81.0 Å². The number of nitrogens with one attached hydrogen (secondary N) is 8. The predicted octanol–water partition coefficient (Wildman–Crippen LogP) is 12.5. The van der Waals surface area contributed by atoms with Gasteiger partial charge in [0, 0.05) is 102 Å². The van der Waals surface area contributed by atoms with Crippen LogP contribution >= 0.6 is 63.7 Å². The minimum atomic E-state index is -4.73. The molecule has 0 radical (unpaired) electrons. The molecule has 0 aliphatic rings. The second kappa shape index (κ2) is 51.0. The van der Waals surface area contributed by atoms with Crippen molar-refractivity contribution in [2.24, 2.45) is 0 Å². The topological polar surface area (TPSA) is 513 Å². The molecule has 48 heteroatoms. The smallest absolute Gasteiger partial charge is 0.316 e. The summed E-state index contributed by atoms with van der Waals surface area (Å²) in [6, 6.07) is 26.6. The van der Waals surface area contributed by atoms with Crippen molar-refractivity contribution >= 4 is 128 Å². The van der Waals surface area contributed by atoms with Crippen molar-refractivity contribution in [3.05, 3.63) is 212 Å². The van der Waals surface area contributed by atoms with Gasteiger partial charge in [0.15, 0.2) is 23.3 Å². The number of aromatic nitrogens is 16. The molecule has 0 fully saturated rings. The van der Waals surface area contributed by atoms with Crippen LogP contribution in [0.5, 0.6) is 47.6 Å². The lowest BCUT2D eigenvalue weighted by Gasteiger charge is -2.15. The van der Waals surface area contributed by atoms with Crippen molar-refractivity contribution in [1.29, 1.82) is 0 Å². The molecule has 0 saturated carbocycles. The fourth-order valence-corrected chi connectivity index (χ4v) is 14.1. The van der Waals surface area contributed by atoms with E-state index in [-0.39, 0.29) is 113 Å². The molecule has 0 bridgehead atoms. The molecular weight excluding hydrogens is 2000 g/mol. The molecule has 40 nitrogen and oxygen atoms in total. The zero-order valence-corrected chi connectivity index (χ0v) is 78.5. The summed E-state index contributed by atoms with van der Waals surface area (Å²) in [6.07, 6.45) is 14.7. The fourth-order valence-electron chi connectivity index (χ4n) is 9.59. The van der Waals surface area contributed by atoms with E-state index in [9.17, 15) is 33.7 Å². The first-order valence-corrected chi connectivity index (χ1v) is 46.6. The fraction of sp³-hybridized carbons (Fsp3) is 0.300. The van der Waals surface area contributed by atoms with E-state index in [1.165, 1.54) is 44.1 Å². The van der Waals surface area contributed by atoms with Gasteiger partial charge < -0.3 is 37.9 Å². The summed E-state index contributed by atoms with van der Waals surface area (Å²) in [5.74, 6) is -1.58. The minimum absolute atomic E-state index is 0.00987. The summed E-state index contributed by atoms with van der Waals surface area (Å²) in [5, 5.41) is 0. The summed E-state index contributed by atoms with van der Waals surface area (Å²) in [5.41, 5.74) is 5.36. The molecule has 128 heavy (non-hydrogen) atoms. The first kappa shape index (κ1) is 81.2. The minimum Gasteiger partial charge on any atom is -0.473 e. The summed E-state index contributed by atoms with van der Waals surface area (Å²) in [6.45, 7) is -3.43. The van der Waals surface area contributed by atoms with Gasteiger partial charge in [-0.05, 0) is 146 Å². The summed E-state index contributed by atoms with van der Waals surface area (Å²) >= 11 is 13.3. The van der Waals surface area contributed by atoms with Gasteiger partial charge >= 0.3 is 24.0 Å². The van der Waals surface area contributed by atoms with E-state index in [1.54, 1.807) is 135 Å². The molecule has 0 atom stereocenters. The van der Waals surface area contributed by atoms with Crippen molar-refractivity contribution < 1.29 is 90.8 Å². The monoisotopic (exact) mass is 2100 g/mol. The molecule has 0 unspecified atom stereocenters. The zero-order valence-electron chi connectivity index (χ0n) is 82.9. The van der Waals surface area contributed by atoms with Crippen LogP contribution in [0.25, 0.3) is 44.5 Å². The number of rotatable bonds is 44. The molecular formula is C80H92Br4N24O16S4. The third-order valence-electron chi connectivity index (χ3n) is 15.2. The molecule has 0 aliphatic heterocycles. The van der Waals surface area contributed by atoms with Crippen molar-refractivity contribution in [1.82, 2.24) is 98.6 Å². The Balaban J connectivity index is 0.000000211. The maximum absolute atomic E-state index is 12.7. The highest BCUT2D eigenvalue weighted by molar-refractivity contribution is 9.11. The largest absolute Gasteiger partial charge is 0.473 e. The molecule has 680 valence electrons. The molecule has 0 amide bonds. The molecule has 8 heterocycles. The number of benzene rings is 4. The number of hydrogen-bond acceptors (Lipinski definition) is 32. The number of nitrogens with zero attached hydrogens (tertiary/aromatic N) is 16. The summed E-state index contributed by atoms with van der Waals surface area (Å²) in [7, 11) is -17.0. The maximum atomic E-state index is 12.7. The van der Waals surface area contributed by atoms with Crippen LogP contribution in [0.1, 0.15) is 94.8 Å². The van der Waals surface area contributed by atoms with Gasteiger partial charge in [0.1, 0.15) is 78.0 Å². The number of halogens is 4. The van der Waals surface area contributed by atoms with Crippen LogP contribution in [0.2, 0.25) is 0 Å². The molecule has 12 aromatic rings. The number of anilines is 4. The Morgan fingerprint density at radius 1 is 0.289 bits per heavy atom. The van der Waals surface area contributed by atoms with Crippen LogP contribution in [0.4, 0.5) is 23.3 Å². The highest BCUT2D eigenvalue weighted by atomic mass is 79.9. The van der Waals surface area contributed by atoms with Crippen molar-refractivity contribution in [2.75, 3.05) is 97.6 Å². The van der Waals surface area contributed by atoms with Crippen molar-refractivity contribution in [3.63, 3.8) is 0 Å². The number of hydrogen-bond donors (Lipinski definition) is 8. The van der Waals surface area contributed by atoms with E-state index < -0.39 is 113 Å². The van der Waals surface area contributed by atoms with Crippen LogP contribution in [-0.4, -0.2) is 192 Å². The lowest BCUT2D eigenvalue weighted by molar-refractivity contribution is 0.202. The van der Waals surface area contributed by atoms with Crippen LogP contribution in [0, 0.1) is 27.7 Å². The van der Waals surface area contributed by atoms with E-state index in [0.29, 0.717) is 39.6 Å². The molecule has 8 N–H and O–H groups in total. The normalized spacial score (nSPS) is 13.6. The maximum Gasteiger partial charge on any atom is 0.316 e. The van der Waals surface area contributed by atoms with Gasteiger partial charge in [0.05, 0.1) is 33.2 Å². The summed E-state index contributed by atoms with van der Waals surface area (Å²) < 4.78 is 276. The quantitative estimate of drug-likeness (QED) is 0.0176. The SMILES string of the molecule is [2H]C([2H])(CC)NS(=O)(=O)Nc1ncnc(OC([2H])([2H])COc2ncc(C)cn2)c1-c1ccc(Br)cc1.[2H]C([2H])(COc1ncc(C)cn1)Oc1ncnc(NS(=O)(=O)NC([2H])([2H])C([2H])([2H])C)c1-c1ccc(Br)cc1.[2H]C([2H])(COc1ncc(C)cn1)Oc1ncnc(NS(=O)(=O)NCCC)c1-c1ccc(Br)cc1.[2H]C([2H])(COc1ncnc(NS(=O)(=O)NCCC)c1-c1ccc(Br)cc1)Oc1ncc(C)cn1. The third kappa shape index (κ3) is 34.0. The van der Waals surface area contributed by atoms with E-state index in [0.717, 1.165) is 67.9 Å². The van der Waals surface area contributed by atoms with Crippen LogP contribution in [0.15, 0.2) is 190 Å². The van der Waals surface area contributed by atoms with Crippen LogP contribution in [-0.2, 0) is 40.8 Å². The Kier molecular flexibility index (Phi) is 32.4. The van der Waals surface area contributed by atoms with Gasteiger partial charge in [0.25, 0.3) is 40.8 Å². The average Bonchev–Trinajstić information content (AvgIpc) is 0.792. The second-order valence-corrected chi connectivity index (χ2v) is 34.8. The molecule has 0 aliphatic carbocycles. The van der Waals surface area contributed by atoms with Gasteiger partial charge in [-0.15, -0.1) is 0 Å². The Hall–Kier alpha value is -11.3. The van der Waals surface area contributed by atoms with E-state index >= 15 is 0 Å². The Bertz CT molecular complexity index is 6710. The third-order valence-corrected chi connectivity index (χ3v) is 21.1. The molecule has 8 aromatic heterocycles. The Labute approximate surface area is 794 Å². The van der Waals surface area contributed by atoms with Crippen LogP contribution < -0.4 is 75.7 Å². The second-order valence-electron chi connectivity index (χ2n) is 25.3. The molecule has 4 aromatic carbocycles. The Morgan fingerprint density at radius 2 is 0.523 bits per heavy atom. The average molecular weight is 2110 g/mol. The van der Waals surface area contributed by atoms with E-state index in [2.05, 4.69) is 172 Å². The zero-order chi connectivity index (χ0) is 104. The van der Waals surface area contributed by atoms with E-state index in [4.69, 9.17) is 57.1 Å². The van der Waals surface area contributed by atoms with Gasteiger partial charge in [-0.25, -0.2) is 79.7 Å². The van der Waals surface area contributed by atoms with Crippen LogP contribution in [0.3, 0.4) is 0 Å². The molecule has 12 rings (SSSR count). The highest BCUT2D eigenvalue weighted by Gasteiger charge is 2.26. The van der Waals surface area contributed by atoms with Gasteiger partial charge in [0.2, 0.25) is 23.5 Å². The van der Waals surface area contributed by atoms with Gasteiger partial charge in [-0.3, -0.25) is 18.9 Å². The van der Waals surface area contributed by atoms with E-state index in [1.807, 2.05) is 25.5 Å². The Morgan fingerprint density at radius 3 is 0.781 bits per heavy atom. The lowest BCUT2D eigenvalue weighted by atomic mass is 10.1.